The Hall–Kier alpha value is -1.88. The molecule has 0 aliphatic carbocycles. The van der Waals surface area contributed by atoms with Crippen LogP contribution in [0.15, 0.2) is 24.3 Å². The lowest BCUT2D eigenvalue weighted by molar-refractivity contribution is -0.137. The number of benzene rings is 1. The van der Waals surface area contributed by atoms with Gasteiger partial charge in [-0.15, -0.1) is 0 Å². The molecule has 0 bridgehead atoms. The Morgan fingerprint density at radius 3 is 2.38 bits per heavy atom. The molecule has 0 aromatic heterocycles. The van der Waals surface area contributed by atoms with E-state index in [2.05, 4.69) is 11.8 Å². The number of amides is 2. The summed E-state index contributed by atoms with van der Waals surface area (Å²) in [5, 5.41) is 0. The third kappa shape index (κ3) is 4.64. The van der Waals surface area contributed by atoms with E-state index in [0.717, 1.165) is 25.2 Å². The first-order valence-corrected chi connectivity index (χ1v) is 9.93. The molecule has 2 fully saturated rings. The average molecular weight is 357 g/mol. The summed E-state index contributed by atoms with van der Waals surface area (Å²) in [6.07, 6.45) is 5.29. The molecule has 0 saturated carbocycles. The monoisotopic (exact) mass is 357 g/mol. The summed E-state index contributed by atoms with van der Waals surface area (Å²) in [5.74, 6) is 0.128. The van der Waals surface area contributed by atoms with Gasteiger partial charge in [0, 0.05) is 31.2 Å². The standard InChI is InChI=1S/C21H31N3O2/c1-17-6-9-19(10-7-17)24-15-14-23(16-21(24)26)20(25)11-8-18(2)22-12-4-3-5-13-22/h6-7,9-10,18H,3-5,8,11-16H2,1-2H3/t18-/m0/s1. The minimum Gasteiger partial charge on any atom is -0.332 e. The van der Waals surface area contributed by atoms with Crippen molar-refractivity contribution in [2.75, 3.05) is 37.6 Å². The van der Waals surface area contributed by atoms with Crippen LogP contribution in [0.2, 0.25) is 0 Å². The van der Waals surface area contributed by atoms with E-state index in [9.17, 15) is 9.59 Å². The summed E-state index contributed by atoms with van der Waals surface area (Å²) in [7, 11) is 0. The fourth-order valence-electron chi connectivity index (χ4n) is 3.92. The maximum Gasteiger partial charge on any atom is 0.246 e. The maximum absolute atomic E-state index is 12.6. The van der Waals surface area contributed by atoms with Crippen molar-refractivity contribution in [3.8, 4) is 0 Å². The molecule has 0 spiro atoms. The molecule has 2 amide bonds. The Bertz CT molecular complexity index is 623. The number of piperidine rings is 1. The zero-order chi connectivity index (χ0) is 18.5. The van der Waals surface area contributed by atoms with Crippen molar-refractivity contribution in [2.45, 2.75) is 52.0 Å². The first kappa shape index (κ1) is 18.9. The van der Waals surface area contributed by atoms with Gasteiger partial charge in [0.2, 0.25) is 11.8 Å². The molecule has 1 atom stereocenters. The Morgan fingerprint density at radius 2 is 1.73 bits per heavy atom. The highest BCUT2D eigenvalue weighted by molar-refractivity contribution is 5.97. The van der Waals surface area contributed by atoms with Gasteiger partial charge in [-0.05, 0) is 58.3 Å². The number of aryl methyl sites for hydroxylation is 1. The van der Waals surface area contributed by atoms with Crippen LogP contribution in [-0.4, -0.2) is 60.4 Å². The number of carbonyl (C=O) groups is 2. The van der Waals surface area contributed by atoms with Crippen molar-refractivity contribution in [3.05, 3.63) is 29.8 Å². The van der Waals surface area contributed by atoms with Gasteiger partial charge in [0.15, 0.2) is 0 Å². The number of likely N-dealkylation sites (tertiary alicyclic amines) is 1. The molecule has 1 aromatic rings. The normalized spacial score (nSPS) is 20.3. The quantitative estimate of drug-likeness (QED) is 0.814. The first-order valence-electron chi connectivity index (χ1n) is 9.93. The lowest BCUT2D eigenvalue weighted by Gasteiger charge is -2.35. The fraction of sp³-hybridized carbons (Fsp3) is 0.619. The smallest absolute Gasteiger partial charge is 0.246 e. The molecule has 2 saturated heterocycles. The third-order valence-electron chi connectivity index (χ3n) is 5.71. The molecule has 2 heterocycles. The summed E-state index contributed by atoms with van der Waals surface area (Å²) in [4.78, 5) is 31.1. The van der Waals surface area contributed by atoms with Crippen LogP contribution in [0.3, 0.4) is 0 Å². The van der Waals surface area contributed by atoms with Gasteiger partial charge in [0.25, 0.3) is 0 Å². The number of nitrogens with zero attached hydrogens (tertiary/aromatic N) is 3. The maximum atomic E-state index is 12.6. The molecule has 2 aliphatic heterocycles. The predicted molar refractivity (Wildman–Crippen MR) is 104 cm³/mol. The zero-order valence-electron chi connectivity index (χ0n) is 16.1. The van der Waals surface area contributed by atoms with Crippen molar-refractivity contribution in [1.29, 1.82) is 0 Å². The van der Waals surface area contributed by atoms with E-state index in [1.807, 2.05) is 31.2 Å². The minimum atomic E-state index is 0.0116. The Balaban J connectivity index is 1.47. The molecule has 0 N–H and O–H groups in total. The molecule has 142 valence electrons. The molecule has 1 aromatic carbocycles. The van der Waals surface area contributed by atoms with E-state index in [1.54, 1.807) is 9.80 Å². The highest BCUT2D eigenvalue weighted by Crippen LogP contribution is 2.19. The minimum absolute atomic E-state index is 0.0116. The molecule has 5 nitrogen and oxygen atoms in total. The van der Waals surface area contributed by atoms with Crippen LogP contribution in [0.4, 0.5) is 5.69 Å². The summed E-state index contributed by atoms with van der Waals surface area (Å²) in [6.45, 7) is 7.97. The molecule has 0 radical (unpaired) electrons. The van der Waals surface area contributed by atoms with E-state index >= 15 is 0 Å². The van der Waals surface area contributed by atoms with Crippen LogP contribution >= 0.6 is 0 Å². The number of hydrogen-bond donors (Lipinski definition) is 0. The van der Waals surface area contributed by atoms with E-state index in [4.69, 9.17) is 0 Å². The van der Waals surface area contributed by atoms with Crippen molar-refractivity contribution < 1.29 is 9.59 Å². The van der Waals surface area contributed by atoms with Gasteiger partial charge in [-0.25, -0.2) is 0 Å². The Kier molecular flexibility index (Phi) is 6.30. The number of anilines is 1. The van der Waals surface area contributed by atoms with Crippen LogP contribution in [0.5, 0.6) is 0 Å². The number of piperazine rings is 1. The fourth-order valence-corrected chi connectivity index (χ4v) is 3.92. The molecule has 5 heteroatoms. The number of hydrogen-bond acceptors (Lipinski definition) is 3. The van der Waals surface area contributed by atoms with Gasteiger partial charge in [0.1, 0.15) is 6.54 Å². The van der Waals surface area contributed by atoms with Gasteiger partial charge < -0.3 is 14.7 Å². The summed E-state index contributed by atoms with van der Waals surface area (Å²) in [5.41, 5.74) is 2.10. The third-order valence-corrected chi connectivity index (χ3v) is 5.71. The van der Waals surface area contributed by atoms with Crippen molar-refractivity contribution in [1.82, 2.24) is 9.80 Å². The second-order valence-electron chi connectivity index (χ2n) is 7.68. The molecule has 0 unspecified atom stereocenters. The van der Waals surface area contributed by atoms with Crippen LogP contribution in [0.1, 0.15) is 44.6 Å². The first-order chi connectivity index (χ1) is 12.5. The zero-order valence-corrected chi connectivity index (χ0v) is 16.1. The van der Waals surface area contributed by atoms with Crippen LogP contribution in [0.25, 0.3) is 0 Å². The lowest BCUT2D eigenvalue weighted by atomic mass is 10.1. The van der Waals surface area contributed by atoms with Crippen molar-refractivity contribution >= 4 is 17.5 Å². The highest BCUT2D eigenvalue weighted by Gasteiger charge is 2.28. The summed E-state index contributed by atoms with van der Waals surface area (Å²) < 4.78 is 0. The van der Waals surface area contributed by atoms with E-state index in [0.29, 0.717) is 25.6 Å². The second-order valence-corrected chi connectivity index (χ2v) is 7.68. The van der Waals surface area contributed by atoms with Crippen LogP contribution in [-0.2, 0) is 9.59 Å². The van der Waals surface area contributed by atoms with Gasteiger partial charge in [-0.1, -0.05) is 24.1 Å². The lowest BCUT2D eigenvalue weighted by Crippen LogP contribution is -2.52. The number of rotatable bonds is 5. The van der Waals surface area contributed by atoms with Crippen LogP contribution in [0, 0.1) is 6.92 Å². The Morgan fingerprint density at radius 1 is 1.04 bits per heavy atom. The predicted octanol–water partition coefficient (Wildman–Crippen LogP) is 2.82. The number of carbonyl (C=O) groups excluding carboxylic acids is 2. The van der Waals surface area contributed by atoms with Gasteiger partial charge >= 0.3 is 0 Å². The Labute approximate surface area is 156 Å². The molecule has 26 heavy (non-hydrogen) atoms. The largest absolute Gasteiger partial charge is 0.332 e. The van der Waals surface area contributed by atoms with Gasteiger partial charge in [0.05, 0.1) is 0 Å². The van der Waals surface area contributed by atoms with Crippen LogP contribution < -0.4 is 4.90 Å². The van der Waals surface area contributed by atoms with E-state index in [1.165, 1.54) is 24.8 Å². The average Bonchev–Trinajstić information content (AvgIpc) is 2.67. The SMILES string of the molecule is Cc1ccc(N2CCN(C(=O)CC[C@H](C)N3CCCCC3)CC2=O)cc1. The van der Waals surface area contributed by atoms with Crippen molar-refractivity contribution in [3.63, 3.8) is 0 Å². The van der Waals surface area contributed by atoms with E-state index < -0.39 is 0 Å². The molecule has 2 aliphatic rings. The summed E-state index contributed by atoms with van der Waals surface area (Å²) >= 11 is 0. The molecular weight excluding hydrogens is 326 g/mol. The summed E-state index contributed by atoms with van der Waals surface area (Å²) in [6, 6.07) is 8.43. The van der Waals surface area contributed by atoms with Crippen molar-refractivity contribution in [2.24, 2.45) is 0 Å². The van der Waals surface area contributed by atoms with Gasteiger partial charge in [-0.3, -0.25) is 9.59 Å². The van der Waals surface area contributed by atoms with E-state index in [-0.39, 0.29) is 18.4 Å². The highest BCUT2D eigenvalue weighted by atomic mass is 16.2. The molecule has 3 rings (SSSR count). The topological polar surface area (TPSA) is 43.9 Å². The second kappa shape index (κ2) is 8.67. The molecular formula is C21H31N3O2. The van der Waals surface area contributed by atoms with Gasteiger partial charge in [-0.2, -0.15) is 0 Å².